The number of halogens is 1. The average molecular weight is 442 g/mol. The van der Waals surface area contributed by atoms with Crippen LogP contribution < -0.4 is 4.90 Å². The maximum Gasteiger partial charge on any atom is 0.242 e. The molecule has 1 saturated heterocycles. The van der Waals surface area contributed by atoms with Crippen molar-refractivity contribution in [1.29, 1.82) is 0 Å². The van der Waals surface area contributed by atoms with Gasteiger partial charge < -0.3 is 14.7 Å². The van der Waals surface area contributed by atoms with Crippen LogP contribution >= 0.6 is 11.6 Å². The summed E-state index contributed by atoms with van der Waals surface area (Å²) in [6, 6.07) is 11.7. The second-order valence-corrected chi connectivity index (χ2v) is 8.88. The number of hydrogen-bond donors (Lipinski definition) is 0. The minimum Gasteiger partial charge on any atom is -0.352 e. The van der Waals surface area contributed by atoms with E-state index in [0.29, 0.717) is 31.2 Å². The molecule has 8 heteroatoms. The van der Waals surface area contributed by atoms with Crippen LogP contribution in [0.4, 0.5) is 5.82 Å². The maximum atomic E-state index is 12.8. The van der Waals surface area contributed by atoms with Gasteiger partial charge in [0.25, 0.3) is 0 Å². The van der Waals surface area contributed by atoms with Crippen molar-refractivity contribution in [3.63, 3.8) is 0 Å². The van der Waals surface area contributed by atoms with E-state index in [1.54, 1.807) is 4.90 Å². The molecular formula is C23H28ClN5O2. The van der Waals surface area contributed by atoms with E-state index in [1.165, 1.54) is 0 Å². The number of anilines is 1. The molecule has 1 saturated carbocycles. The molecule has 0 atom stereocenters. The SMILES string of the molecule is CC(C)C(=O)N(CC(=O)N1CCN(c2ccc(-c3ccccc3Cl)nn2)CC1)C1CC1. The highest BCUT2D eigenvalue weighted by Crippen LogP contribution is 2.28. The number of aromatic nitrogens is 2. The van der Waals surface area contributed by atoms with E-state index < -0.39 is 0 Å². The highest BCUT2D eigenvalue weighted by molar-refractivity contribution is 6.33. The van der Waals surface area contributed by atoms with Crippen molar-refractivity contribution in [2.45, 2.75) is 32.7 Å². The van der Waals surface area contributed by atoms with Crippen molar-refractivity contribution in [1.82, 2.24) is 20.0 Å². The Balaban J connectivity index is 1.33. The van der Waals surface area contributed by atoms with Gasteiger partial charge in [-0.15, -0.1) is 10.2 Å². The minimum absolute atomic E-state index is 0.0284. The van der Waals surface area contributed by atoms with Crippen molar-refractivity contribution < 1.29 is 9.59 Å². The van der Waals surface area contributed by atoms with Crippen molar-refractivity contribution >= 4 is 29.2 Å². The molecule has 1 aliphatic heterocycles. The first-order chi connectivity index (χ1) is 14.9. The van der Waals surface area contributed by atoms with E-state index in [9.17, 15) is 9.59 Å². The van der Waals surface area contributed by atoms with Gasteiger partial charge in [0.05, 0.1) is 10.7 Å². The number of nitrogens with zero attached hydrogens (tertiary/aromatic N) is 5. The summed E-state index contributed by atoms with van der Waals surface area (Å²) >= 11 is 6.25. The van der Waals surface area contributed by atoms with Crippen LogP contribution in [0.5, 0.6) is 0 Å². The molecule has 2 aliphatic rings. The molecule has 2 aromatic rings. The zero-order valence-electron chi connectivity index (χ0n) is 18.0. The fourth-order valence-corrected chi connectivity index (χ4v) is 4.07. The van der Waals surface area contributed by atoms with Gasteiger partial charge in [-0.2, -0.15) is 0 Å². The van der Waals surface area contributed by atoms with Crippen LogP contribution in [0.2, 0.25) is 5.02 Å². The third-order valence-corrected chi connectivity index (χ3v) is 6.16. The quantitative estimate of drug-likeness (QED) is 0.689. The van der Waals surface area contributed by atoms with Crippen LogP contribution in [0, 0.1) is 5.92 Å². The summed E-state index contributed by atoms with van der Waals surface area (Å²) in [7, 11) is 0. The van der Waals surface area contributed by atoms with Gasteiger partial charge >= 0.3 is 0 Å². The van der Waals surface area contributed by atoms with Gasteiger partial charge in [0.15, 0.2) is 5.82 Å². The molecular weight excluding hydrogens is 414 g/mol. The Kier molecular flexibility index (Phi) is 6.41. The fourth-order valence-electron chi connectivity index (χ4n) is 3.84. The Morgan fingerprint density at radius 2 is 1.77 bits per heavy atom. The Hall–Kier alpha value is -2.67. The molecule has 0 N–H and O–H groups in total. The highest BCUT2D eigenvalue weighted by atomic mass is 35.5. The number of amides is 2. The molecule has 0 bridgehead atoms. The van der Waals surface area contributed by atoms with E-state index in [1.807, 2.05) is 55.1 Å². The first kappa shape index (κ1) is 21.6. The Bertz CT molecular complexity index is 937. The Labute approximate surface area is 188 Å². The second-order valence-electron chi connectivity index (χ2n) is 8.48. The molecule has 0 unspecified atom stereocenters. The summed E-state index contributed by atoms with van der Waals surface area (Å²) in [5.74, 6) is 0.805. The third-order valence-electron chi connectivity index (χ3n) is 5.83. The lowest BCUT2D eigenvalue weighted by atomic mass is 10.1. The highest BCUT2D eigenvalue weighted by Gasteiger charge is 2.36. The van der Waals surface area contributed by atoms with Gasteiger partial charge in [-0.1, -0.05) is 43.6 Å². The van der Waals surface area contributed by atoms with Crippen LogP contribution in [-0.2, 0) is 9.59 Å². The van der Waals surface area contributed by atoms with Crippen LogP contribution in [0.15, 0.2) is 36.4 Å². The van der Waals surface area contributed by atoms with Gasteiger partial charge in [-0.25, -0.2) is 0 Å². The minimum atomic E-state index is -0.0856. The Morgan fingerprint density at radius 1 is 1.06 bits per heavy atom. The zero-order valence-corrected chi connectivity index (χ0v) is 18.8. The predicted molar refractivity (Wildman–Crippen MR) is 121 cm³/mol. The first-order valence-electron chi connectivity index (χ1n) is 10.9. The van der Waals surface area contributed by atoms with Crippen molar-refractivity contribution in [3.05, 3.63) is 41.4 Å². The molecule has 7 nitrogen and oxygen atoms in total. The van der Waals surface area contributed by atoms with Gasteiger partial charge in [0.1, 0.15) is 6.54 Å². The monoisotopic (exact) mass is 441 g/mol. The normalized spacial score (nSPS) is 16.5. The summed E-state index contributed by atoms with van der Waals surface area (Å²) in [5, 5.41) is 9.36. The summed E-state index contributed by atoms with van der Waals surface area (Å²) in [6.07, 6.45) is 2.00. The molecule has 2 heterocycles. The van der Waals surface area contributed by atoms with E-state index in [0.717, 1.165) is 29.9 Å². The summed E-state index contributed by atoms with van der Waals surface area (Å²) in [4.78, 5) is 31.0. The molecule has 1 aliphatic carbocycles. The first-order valence-corrected chi connectivity index (χ1v) is 11.2. The number of carbonyl (C=O) groups is 2. The average Bonchev–Trinajstić information content (AvgIpc) is 3.63. The van der Waals surface area contributed by atoms with Crippen molar-refractivity contribution in [3.8, 4) is 11.3 Å². The second kappa shape index (κ2) is 9.22. The molecule has 4 rings (SSSR count). The number of rotatable bonds is 6. The molecule has 1 aromatic heterocycles. The smallest absolute Gasteiger partial charge is 0.242 e. The standard InChI is InChI=1S/C23H28ClN5O2/c1-16(2)23(31)29(17-7-8-17)15-22(30)28-13-11-27(12-14-28)21-10-9-20(25-26-21)18-5-3-4-6-19(18)24/h3-6,9-10,16-17H,7-8,11-15H2,1-2H3. The van der Waals surface area contributed by atoms with E-state index in [-0.39, 0.29) is 30.3 Å². The molecule has 164 valence electrons. The number of piperazine rings is 1. The largest absolute Gasteiger partial charge is 0.352 e. The van der Waals surface area contributed by atoms with Gasteiger partial charge in [0, 0.05) is 43.7 Å². The van der Waals surface area contributed by atoms with E-state index in [2.05, 4.69) is 15.1 Å². The van der Waals surface area contributed by atoms with Crippen LogP contribution in [0.1, 0.15) is 26.7 Å². The lowest BCUT2D eigenvalue weighted by Crippen LogP contribution is -2.52. The maximum absolute atomic E-state index is 12.8. The summed E-state index contributed by atoms with van der Waals surface area (Å²) < 4.78 is 0. The van der Waals surface area contributed by atoms with Crippen LogP contribution in [0.25, 0.3) is 11.3 Å². The van der Waals surface area contributed by atoms with E-state index >= 15 is 0 Å². The Morgan fingerprint density at radius 3 is 2.35 bits per heavy atom. The lowest BCUT2D eigenvalue weighted by molar-refractivity contribution is -0.143. The molecule has 2 amide bonds. The van der Waals surface area contributed by atoms with Crippen molar-refractivity contribution in [2.75, 3.05) is 37.6 Å². The molecule has 31 heavy (non-hydrogen) atoms. The summed E-state index contributed by atoms with van der Waals surface area (Å²) in [5.41, 5.74) is 1.59. The zero-order chi connectivity index (χ0) is 22.0. The molecule has 2 fully saturated rings. The number of carbonyl (C=O) groups excluding carboxylic acids is 2. The lowest BCUT2D eigenvalue weighted by Gasteiger charge is -2.36. The van der Waals surface area contributed by atoms with E-state index in [4.69, 9.17) is 11.6 Å². The van der Waals surface area contributed by atoms with Gasteiger partial charge in [0.2, 0.25) is 11.8 Å². The van der Waals surface area contributed by atoms with Gasteiger partial charge in [-0.05, 0) is 31.0 Å². The molecule has 0 radical (unpaired) electrons. The topological polar surface area (TPSA) is 69.6 Å². The van der Waals surface area contributed by atoms with Gasteiger partial charge in [-0.3, -0.25) is 9.59 Å². The van der Waals surface area contributed by atoms with Crippen LogP contribution in [0.3, 0.4) is 0 Å². The molecule has 0 spiro atoms. The molecule has 1 aromatic carbocycles. The summed E-state index contributed by atoms with van der Waals surface area (Å²) in [6.45, 7) is 6.56. The number of hydrogen-bond acceptors (Lipinski definition) is 5. The van der Waals surface area contributed by atoms with Crippen molar-refractivity contribution in [2.24, 2.45) is 5.92 Å². The van der Waals surface area contributed by atoms with Crippen LogP contribution in [-0.4, -0.2) is 70.6 Å². The predicted octanol–water partition coefficient (Wildman–Crippen LogP) is 3.09. The number of benzene rings is 1. The fraction of sp³-hybridized carbons (Fsp3) is 0.478. The third kappa shape index (κ3) is 4.98.